The highest BCUT2D eigenvalue weighted by Gasteiger charge is 2.51. The van der Waals surface area contributed by atoms with Crippen LogP contribution in [0.4, 0.5) is 4.39 Å². The van der Waals surface area contributed by atoms with E-state index in [-0.39, 0.29) is 5.57 Å². The van der Waals surface area contributed by atoms with E-state index in [1.807, 2.05) is 0 Å². The molecule has 1 aliphatic carbocycles. The molecule has 4 atom stereocenters. The number of carbonyl (C=O) groups excluding carboxylic acids is 1. The van der Waals surface area contributed by atoms with Crippen molar-refractivity contribution in [1.29, 1.82) is 0 Å². The van der Waals surface area contributed by atoms with E-state index in [1.165, 1.54) is 6.08 Å². The number of ether oxygens (including phenoxy) is 3. The molecule has 1 aliphatic heterocycles. The Morgan fingerprint density at radius 2 is 2.18 bits per heavy atom. The van der Waals surface area contributed by atoms with Gasteiger partial charge in [0.05, 0.1) is 12.7 Å². The molecule has 1 heterocycles. The maximum absolute atomic E-state index is 13.8. The van der Waals surface area contributed by atoms with Crippen molar-refractivity contribution in [1.82, 2.24) is 0 Å². The summed E-state index contributed by atoms with van der Waals surface area (Å²) >= 11 is 0. The van der Waals surface area contributed by atoms with Crippen molar-refractivity contribution in [2.45, 2.75) is 44.1 Å². The number of alkyl halides is 1. The van der Waals surface area contributed by atoms with Gasteiger partial charge in [0, 0.05) is 0 Å². The zero-order valence-electron chi connectivity index (χ0n) is 9.84. The van der Waals surface area contributed by atoms with E-state index in [2.05, 4.69) is 4.74 Å². The summed E-state index contributed by atoms with van der Waals surface area (Å²) in [6.45, 7) is 3.33. The third kappa shape index (κ3) is 2.08. The molecule has 2 rings (SSSR count). The van der Waals surface area contributed by atoms with E-state index in [4.69, 9.17) is 9.47 Å². The van der Waals surface area contributed by atoms with Crippen LogP contribution in [0.2, 0.25) is 0 Å². The number of fused-ring (bicyclic) bond motifs is 1. The molecule has 6 heteroatoms. The molecule has 0 aromatic carbocycles. The molecule has 0 aromatic heterocycles. The Morgan fingerprint density at radius 3 is 2.76 bits per heavy atom. The Balaban J connectivity index is 2.30. The van der Waals surface area contributed by atoms with E-state index in [9.17, 15) is 14.3 Å². The van der Waals surface area contributed by atoms with E-state index < -0.39 is 36.2 Å². The summed E-state index contributed by atoms with van der Waals surface area (Å²) in [4.78, 5) is 11.3. The number of carbonyl (C=O) groups is 1. The monoisotopic (exact) mass is 246 g/mol. The molecule has 0 spiro atoms. The topological polar surface area (TPSA) is 65.0 Å². The minimum atomic E-state index is -1.82. The third-order valence-corrected chi connectivity index (χ3v) is 2.86. The minimum Gasteiger partial charge on any atom is -0.466 e. The van der Waals surface area contributed by atoms with Crippen LogP contribution in [0, 0.1) is 0 Å². The molecule has 17 heavy (non-hydrogen) atoms. The van der Waals surface area contributed by atoms with Gasteiger partial charge in [0.2, 0.25) is 0 Å². The van der Waals surface area contributed by atoms with Gasteiger partial charge in [0.25, 0.3) is 0 Å². The predicted molar refractivity (Wildman–Crippen MR) is 54.8 cm³/mol. The van der Waals surface area contributed by atoms with E-state index in [0.29, 0.717) is 0 Å². The first-order valence-corrected chi connectivity index (χ1v) is 5.33. The normalized spacial score (nSPS) is 39.5. The molecule has 96 valence electrons. The lowest BCUT2D eigenvalue weighted by Gasteiger charge is -2.29. The molecule has 0 aromatic rings. The zero-order valence-corrected chi connectivity index (χ0v) is 9.84. The van der Waals surface area contributed by atoms with Crippen LogP contribution in [0.5, 0.6) is 0 Å². The van der Waals surface area contributed by atoms with E-state index >= 15 is 0 Å². The van der Waals surface area contributed by atoms with Gasteiger partial charge >= 0.3 is 5.97 Å². The Morgan fingerprint density at radius 1 is 1.53 bits per heavy atom. The third-order valence-electron chi connectivity index (χ3n) is 2.86. The highest BCUT2D eigenvalue weighted by molar-refractivity contribution is 5.90. The summed E-state index contributed by atoms with van der Waals surface area (Å²) in [5.74, 6) is -1.71. The van der Waals surface area contributed by atoms with Crippen molar-refractivity contribution in [3.8, 4) is 0 Å². The summed E-state index contributed by atoms with van der Waals surface area (Å²) in [5, 5.41) is 9.77. The second-order valence-electron chi connectivity index (χ2n) is 4.57. The molecule has 5 nitrogen and oxygen atoms in total. The molecule has 0 bridgehead atoms. The van der Waals surface area contributed by atoms with Crippen LogP contribution in [0.1, 0.15) is 13.8 Å². The number of hydrogen-bond donors (Lipinski definition) is 1. The molecule has 1 N–H and O–H groups in total. The van der Waals surface area contributed by atoms with Crippen molar-refractivity contribution >= 4 is 5.97 Å². The molecule has 0 unspecified atom stereocenters. The molecule has 1 fully saturated rings. The van der Waals surface area contributed by atoms with Gasteiger partial charge in [-0.3, -0.25) is 0 Å². The lowest BCUT2D eigenvalue weighted by Crippen LogP contribution is -2.46. The average molecular weight is 246 g/mol. The summed E-state index contributed by atoms with van der Waals surface area (Å²) in [6, 6.07) is 0. The number of esters is 1. The maximum atomic E-state index is 13.8. The van der Waals surface area contributed by atoms with Gasteiger partial charge in [-0.05, 0) is 19.9 Å². The minimum absolute atomic E-state index is 0.220. The fourth-order valence-electron chi connectivity index (χ4n) is 2.13. The van der Waals surface area contributed by atoms with Crippen LogP contribution in [-0.4, -0.2) is 48.5 Å². The Hall–Kier alpha value is -0.980. The van der Waals surface area contributed by atoms with Gasteiger partial charge in [0.15, 0.2) is 12.0 Å². The first kappa shape index (κ1) is 12.5. The highest BCUT2D eigenvalue weighted by atomic mass is 19.1. The summed E-state index contributed by atoms with van der Waals surface area (Å²) in [5.41, 5.74) is -0.220. The maximum Gasteiger partial charge on any atom is 0.336 e. The second-order valence-corrected chi connectivity index (χ2v) is 4.57. The van der Waals surface area contributed by atoms with Crippen LogP contribution in [0.25, 0.3) is 0 Å². The smallest absolute Gasteiger partial charge is 0.336 e. The lowest BCUT2D eigenvalue weighted by molar-refractivity contribution is -0.156. The molecule has 2 aliphatic rings. The predicted octanol–water partition coefficient (Wildman–Crippen LogP) is 0.318. The van der Waals surface area contributed by atoms with Gasteiger partial charge in [0.1, 0.15) is 18.3 Å². The van der Waals surface area contributed by atoms with Crippen LogP contribution in [0.15, 0.2) is 11.6 Å². The molecule has 0 radical (unpaired) electrons. The first-order chi connectivity index (χ1) is 7.85. The summed E-state index contributed by atoms with van der Waals surface area (Å²) in [7, 11) is 1.16. The number of halogens is 1. The van der Waals surface area contributed by atoms with Crippen molar-refractivity contribution in [3.05, 3.63) is 11.6 Å². The molecular weight excluding hydrogens is 231 g/mol. The average Bonchev–Trinajstić information content (AvgIpc) is 2.57. The second kappa shape index (κ2) is 4.04. The molecule has 0 saturated carbocycles. The van der Waals surface area contributed by atoms with E-state index in [0.717, 1.165) is 7.11 Å². The lowest BCUT2D eigenvalue weighted by atomic mass is 9.90. The van der Waals surface area contributed by atoms with Gasteiger partial charge in [-0.25, -0.2) is 9.18 Å². The van der Waals surface area contributed by atoms with Crippen molar-refractivity contribution in [2.75, 3.05) is 7.11 Å². The van der Waals surface area contributed by atoms with Crippen LogP contribution < -0.4 is 0 Å². The highest BCUT2D eigenvalue weighted by Crippen LogP contribution is 2.37. The zero-order chi connectivity index (χ0) is 12.8. The van der Waals surface area contributed by atoms with Crippen molar-refractivity contribution in [3.63, 3.8) is 0 Å². The van der Waals surface area contributed by atoms with Gasteiger partial charge in [-0.15, -0.1) is 0 Å². The molecule has 1 saturated heterocycles. The standard InChI is InChI=1S/C11H15FO5/c1-11(2)16-6-4-5(10(14)15-3)7(12)8(13)9(6)17-11/h4,6-9,13H,1-3H3/t6-,7+,8-,9-/m1/s1. The molecular formula is C11H15FO5. The SMILES string of the molecule is COC(=O)C1=C[C@H]2OC(C)(C)O[C@H]2[C@H](O)[C@H]1F. The number of methoxy groups -OCH3 is 1. The van der Waals surface area contributed by atoms with Crippen LogP contribution >= 0.6 is 0 Å². The number of rotatable bonds is 1. The Kier molecular flexibility index (Phi) is 2.97. The Labute approximate surface area is 98.1 Å². The Bertz CT molecular complexity index is 365. The number of hydrogen-bond acceptors (Lipinski definition) is 5. The first-order valence-electron chi connectivity index (χ1n) is 5.33. The largest absolute Gasteiger partial charge is 0.466 e. The van der Waals surface area contributed by atoms with Crippen LogP contribution in [-0.2, 0) is 19.0 Å². The van der Waals surface area contributed by atoms with Gasteiger partial charge in [-0.1, -0.05) is 0 Å². The van der Waals surface area contributed by atoms with Crippen molar-refractivity contribution < 1.29 is 28.5 Å². The van der Waals surface area contributed by atoms with Gasteiger partial charge < -0.3 is 19.3 Å². The van der Waals surface area contributed by atoms with E-state index in [1.54, 1.807) is 13.8 Å². The number of aliphatic hydroxyl groups is 1. The fraction of sp³-hybridized carbons (Fsp3) is 0.727. The van der Waals surface area contributed by atoms with Gasteiger partial charge in [-0.2, -0.15) is 0 Å². The van der Waals surface area contributed by atoms with Crippen molar-refractivity contribution in [2.24, 2.45) is 0 Å². The fourth-order valence-corrected chi connectivity index (χ4v) is 2.13. The summed E-state index contributed by atoms with van der Waals surface area (Å²) < 4.78 is 29.1. The summed E-state index contributed by atoms with van der Waals surface area (Å²) in [6.07, 6.45) is -3.36. The quantitative estimate of drug-likeness (QED) is 0.675. The number of aliphatic hydroxyl groups excluding tert-OH is 1. The molecule has 0 amide bonds. The van der Waals surface area contributed by atoms with Crippen LogP contribution in [0.3, 0.4) is 0 Å².